The zero-order valence-electron chi connectivity index (χ0n) is 17.3. The van der Waals surface area contributed by atoms with Crippen LogP contribution >= 0.6 is 22.9 Å². The minimum atomic E-state index is -0.421. The average Bonchev–Trinajstić information content (AvgIpc) is 3.21. The van der Waals surface area contributed by atoms with Gasteiger partial charge in [-0.3, -0.25) is 10.1 Å². The number of non-ortho nitro benzene ring substituents is 1. The first-order valence-corrected chi connectivity index (χ1v) is 11.3. The van der Waals surface area contributed by atoms with Gasteiger partial charge < -0.3 is 9.15 Å². The Kier molecular flexibility index (Phi) is 5.53. The van der Waals surface area contributed by atoms with E-state index < -0.39 is 4.92 Å². The molecule has 0 amide bonds. The first kappa shape index (κ1) is 21.1. The fourth-order valence-corrected chi connectivity index (χ4v) is 4.43. The number of fused-ring (bicyclic) bond motifs is 2. The summed E-state index contributed by atoms with van der Waals surface area (Å²) in [4.78, 5) is 20.0. The quantitative estimate of drug-likeness (QED) is 0.203. The van der Waals surface area contributed by atoms with E-state index in [1.54, 1.807) is 18.2 Å². The second-order valence-electron chi connectivity index (χ2n) is 7.11. The number of hydrogen-bond acceptors (Lipinski definition) is 7. The highest BCUT2D eigenvalue weighted by atomic mass is 35.5. The van der Waals surface area contributed by atoms with Crippen molar-refractivity contribution >= 4 is 54.9 Å². The minimum Gasteiger partial charge on any atom is -0.494 e. The monoisotopic (exact) mass is 477 g/mol. The van der Waals surface area contributed by atoms with Crippen molar-refractivity contribution in [3.8, 4) is 17.1 Å². The Hall–Kier alpha value is -3.75. The van der Waals surface area contributed by atoms with Crippen LogP contribution in [0.15, 0.2) is 76.1 Å². The van der Waals surface area contributed by atoms with Gasteiger partial charge in [-0.1, -0.05) is 22.9 Å². The first-order chi connectivity index (χ1) is 16.0. The van der Waals surface area contributed by atoms with Gasteiger partial charge in [-0.05, 0) is 55.5 Å². The van der Waals surface area contributed by atoms with Crippen molar-refractivity contribution in [2.24, 2.45) is 4.99 Å². The molecule has 0 bridgehead atoms. The SMILES string of the molecule is CCOc1ccc2oc(-c3ccc(Cl)cc3)cc(=Nc3nc4ccc([N+](=O)[O-])cc4s3)c2c1. The Labute approximate surface area is 196 Å². The molecule has 0 aliphatic rings. The molecular weight excluding hydrogens is 462 g/mol. The summed E-state index contributed by atoms with van der Waals surface area (Å²) in [7, 11) is 0. The second kappa shape index (κ2) is 8.65. The second-order valence-corrected chi connectivity index (χ2v) is 8.56. The van der Waals surface area contributed by atoms with Gasteiger partial charge in [-0.25, -0.2) is 9.98 Å². The number of aromatic nitrogens is 1. The van der Waals surface area contributed by atoms with Crippen LogP contribution in [0.3, 0.4) is 0 Å². The molecule has 0 atom stereocenters. The molecule has 9 heteroatoms. The van der Waals surface area contributed by atoms with Crippen molar-refractivity contribution in [2.45, 2.75) is 6.92 Å². The van der Waals surface area contributed by atoms with Crippen LogP contribution in [0.4, 0.5) is 10.8 Å². The van der Waals surface area contributed by atoms with E-state index in [0.29, 0.717) is 49.4 Å². The highest BCUT2D eigenvalue weighted by Crippen LogP contribution is 2.31. The maximum absolute atomic E-state index is 11.1. The molecule has 0 aliphatic heterocycles. The lowest BCUT2D eigenvalue weighted by Crippen LogP contribution is -2.04. The van der Waals surface area contributed by atoms with Gasteiger partial charge in [-0.2, -0.15) is 0 Å². The van der Waals surface area contributed by atoms with Gasteiger partial charge in [-0.15, -0.1) is 0 Å². The lowest BCUT2D eigenvalue weighted by Gasteiger charge is -2.07. The lowest BCUT2D eigenvalue weighted by molar-refractivity contribution is -0.384. The Morgan fingerprint density at radius 1 is 1.12 bits per heavy atom. The van der Waals surface area contributed by atoms with Crippen molar-refractivity contribution in [1.29, 1.82) is 0 Å². The third-order valence-electron chi connectivity index (χ3n) is 4.94. The Morgan fingerprint density at radius 2 is 1.94 bits per heavy atom. The highest BCUT2D eigenvalue weighted by molar-refractivity contribution is 7.21. The van der Waals surface area contributed by atoms with Crippen molar-refractivity contribution in [1.82, 2.24) is 4.98 Å². The topological polar surface area (TPSA) is 90.8 Å². The molecular formula is C24H16ClN3O4S. The molecule has 0 aliphatic carbocycles. The van der Waals surface area contributed by atoms with Crippen molar-refractivity contribution in [3.05, 3.63) is 87.2 Å². The van der Waals surface area contributed by atoms with Gasteiger partial charge in [0.05, 0.1) is 27.1 Å². The predicted molar refractivity (Wildman–Crippen MR) is 129 cm³/mol. The number of halogens is 1. The van der Waals surface area contributed by atoms with E-state index >= 15 is 0 Å². The van der Waals surface area contributed by atoms with E-state index in [4.69, 9.17) is 25.7 Å². The van der Waals surface area contributed by atoms with Gasteiger partial charge in [0, 0.05) is 34.2 Å². The van der Waals surface area contributed by atoms with Crippen molar-refractivity contribution in [3.63, 3.8) is 0 Å². The van der Waals surface area contributed by atoms with E-state index in [2.05, 4.69) is 4.98 Å². The zero-order valence-corrected chi connectivity index (χ0v) is 18.9. The van der Waals surface area contributed by atoms with Gasteiger partial charge in [0.25, 0.3) is 5.69 Å². The molecule has 0 saturated heterocycles. The normalized spacial score (nSPS) is 11.9. The summed E-state index contributed by atoms with van der Waals surface area (Å²) < 4.78 is 12.5. The van der Waals surface area contributed by atoms with Crippen molar-refractivity contribution in [2.75, 3.05) is 6.61 Å². The van der Waals surface area contributed by atoms with E-state index in [-0.39, 0.29) is 5.69 Å². The Morgan fingerprint density at radius 3 is 2.70 bits per heavy atom. The van der Waals surface area contributed by atoms with Crippen LogP contribution in [0, 0.1) is 10.1 Å². The Bertz CT molecular complexity index is 1580. The van der Waals surface area contributed by atoms with Gasteiger partial charge in [0.1, 0.15) is 17.1 Å². The summed E-state index contributed by atoms with van der Waals surface area (Å²) in [5.74, 6) is 1.33. The van der Waals surface area contributed by atoms with Crippen LogP contribution in [0.2, 0.25) is 5.02 Å². The van der Waals surface area contributed by atoms with Gasteiger partial charge >= 0.3 is 0 Å². The third kappa shape index (κ3) is 4.30. The Balaban J connectivity index is 1.72. The number of thiazole rings is 1. The highest BCUT2D eigenvalue weighted by Gasteiger charge is 2.12. The summed E-state index contributed by atoms with van der Waals surface area (Å²) in [6, 6.07) is 19.4. The summed E-state index contributed by atoms with van der Waals surface area (Å²) in [6.45, 7) is 2.46. The minimum absolute atomic E-state index is 0.0213. The number of benzene rings is 3. The number of hydrogen-bond donors (Lipinski definition) is 0. The molecule has 33 heavy (non-hydrogen) atoms. The first-order valence-electron chi connectivity index (χ1n) is 10.1. The number of nitrogens with zero attached hydrogens (tertiary/aromatic N) is 3. The van der Waals surface area contributed by atoms with E-state index in [9.17, 15) is 10.1 Å². The fraction of sp³-hybridized carbons (Fsp3) is 0.0833. The van der Waals surface area contributed by atoms with Crippen molar-refractivity contribution < 1.29 is 14.1 Å². The summed E-state index contributed by atoms with van der Waals surface area (Å²) in [5, 5.41) is 13.6. The number of nitro groups is 1. The van der Waals surface area contributed by atoms with Crippen LogP contribution in [0.25, 0.3) is 32.5 Å². The molecule has 164 valence electrons. The van der Waals surface area contributed by atoms with Crippen LogP contribution in [0.1, 0.15) is 6.92 Å². The molecule has 0 fully saturated rings. The zero-order chi connectivity index (χ0) is 22.9. The van der Waals surface area contributed by atoms with Crippen LogP contribution < -0.4 is 10.1 Å². The summed E-state index contributed by atoms with van der Waals surface area (Å²) in [5.41, 5.74) is 2.17. The predicted octanol–water partition coefficient (Wildman–Crippen LogP) is 6.90. The van der Waals surface area contributed by atoms with E-state index in [0.717, 1.165) is 10.9 Å². The number of nitro benzene ring substituents is 1. The third-order valence-corrected chi connectivity index (χ3v) is 6.11. The largest absolute Gasteiger partial charge is 0.494 e. The van der Waals surface area contributed by atoms with E-state index in [1.165, 1.54) is 23.5 Å². The fourth-order valence-electron chi connectivity index (χ4n) is 3.42. The van der Waals surface area contributed by atoms with E-state index in [1.807, 2.05) is 43.3 Å². The van der Waals surface area contributed by atoms with Crippen LogP contribution in [0.5, 0.6) is 5.75 Å². The molecule has 2 aromatic heterocycles. The maximum atomic E-state index is 11.1. The molecule has 0 saturated carbocycles. The lowest BCUT2D eigenvalue weighted by atomic mass is 10.1. The average molecular weight is 478 g/mol. The van der Waals surface area contributed by atoms with Gasteiger partial charge in [0.2, 0.25) is 5.13 Å². The molecule has 0 N–H and O–H groups in total. The van der Waals surface area contributed by atoms with Crippen LogP contribution in [-0.4, -0.2) is 16.5 Å². The number of ether oxygens (including phenoxy) is 1. The molecule has 3 aromatic carbocycles. The summed E-state index contributed by atoms with van der Waals surface area (Å²) >= 11 is 7.33. The molecule has 0 spiro atoms. The standard InChI is InChI=1S/C24H16ClN3O4S/c1-2-31-17-8-10-21-18(12-17)20(13-22(32-21)14-3-5-15(25)6-4-14)27-24-26-19-9-7-16(28(29)30)11-23(19)33-24/h3-13H,2H2,1H3. The molecule has 0 unspecified atom stereocenters. The molecule has 7 nitrogen and oxygen atoms in total. The maximum Gasteiger partial charge on any atom is 0.270 e. The van der Waals surface area contributed by atoms with Gasteiger partial charge in [0.15, 0.2) is 0 Å². The smallest absolute Gasteiger partial charge is 0.270 e. The molecule has 5 aromatic rings. The number of rotatable bonds is 5. The summed E-state index contributed by atoms with van der Waals surface area (Å²) in [6.07, 6.45) is 0. The van der Waals surface area contributed by atoms with Crippen LogP contribution in [-0.2, 0) is 0 Å². The molecule has 2 heterocycles. The molecule has 0 radical (unpaired) electrons. The molecule has 5 rings (SSSR count).